The van der Waals surface area contributed by atoms with Crippen molar-refractivity contribution < 1.29 is 28.7 Å². The van der Waals surface area contributed by atoms with Crippen molar-refractivity contribution in [2.75, 3.05) is 0 Å². The summed E-state index contributed by atoms with van der Waals surface area (Å²) in [6.45, 7) is 2.57. The molecule has 0 bridgehead atoms. The minimum atomic E-state index is -4.84. The molecule has 0 fully saturated rings. The van der Waals surface area contributed by atoms with Crippen molar-refractivity contribution in [3.05, 3.63) is 11.6 Å². The van der Waals surface area contributed by atoms with Crippen LogP contribution in [0.25, 0.3) is 0 Å². The Hall–Kier alpha value is 4.04. The van der Waals surface area contributed by atoms with E-state index in [9.17, 15) is 9.13 Å². The summed E-state index contributed by atoms with van der Waals surface area (Å²) in [6, 6.07) is 0. The molecule has 0 aromatic rings. The van der Waals surface area contributed by atoms with Gasteiger partial charge in [-0.25, -0.2) is 0 Å². The van der Waals surface area contributed by atoms with Crippen LogP contribution >= 0.6 is 15.2 Å². The summed E-state index contributed by atoms with van der Waals surface area (Å²) < 4.78 is 20.2. The quantitative estimate of drug-likeness (QED) is 0.353. The van der Waals surface area contributed by atoms with Gasteiger partial charge in [-0.05, 0) is 0 Å². The Morgan fingerprint density at radius 1 is 0.786 bits per heavy atom. The Morgan fingerprint density at radius 3 is 0.929 bits per heavy atom. The van der Waals surface area contributed by atoms with Crippen LogP contribution in [0.15, 0.2) is 11.6 Å². The van der Waals surface area contributed by atoms with Crippen molar-refractivity contribution in [2.24, 2.45) is 0 Å². The Morgan fingerprint density at radius 2 is 0.929 bits per heavy atom. The number of rotatable bonds is 2. The summed E-state index contributed by atoms with van der Waals surface area (Å²) in [5.74, 6) is 0. The number of hydrogen-bond donors (Lipinski definition) is 4. The first kappa shape index (κ1) is 30.8. The molecule has 0 aromatic carbocycles. The molecule has 0 rings (SSSR count). The van der Waals surface area contributed by atoms with E-state index in [-0.39, 0.29) is 118 Å². The molecule has 64 valence electrons. The zero-order chi connectivity index (χ0) is 8.58. The average Bonchev–Trinajstić information content (AvgIpc) is 1.59. The third kappa shape index (κ3) is 14.1. The zero-order valence-corrected chi connectivity index (χ0v) is 18.5. The van der Waals surface area contributed by atoms with Crippen LogP contribution in [0.4, 0.5) is 0 Å². The van der Waals surface area contributed by atoms with Crippen LogP contribution < -0.4 is 0 Å². The average molecular weight is 280 g/mol. The molecule has 0 aliphatic carbocycles. The summed E-state index contributed by atoms with van der Waals surface area (Å²) in [5.41, 5.74) is 0. The molecule has 0 aromatic heterocycles. The van der Waals surface area contributed by atoms with Gasteiger partial charge in [0.15, 0.2) is 0 Å². The molecule has 14 heavy (non-hydrogen) atoms. The molecule has 0 amide bonds. The minimum absolute atomic E-state index is 0. The Balaban J connectivity index is -0.0000000675. The van der Waals surface area contributed by atoms with Gasteiger partial charge in [-0.1, -0.05) is 6.58 Å². The van der Waals surface area contributed by atoms with Crippen LogP contribution in [0.5, 0.6) is 0 Å². The van der Waals surface area contributed by atoms with Crippen molar-refractivity contribution in [1.82, 2.24) is 0 Å². The molecule has 4 N–H and O–H groups in total. The van der Waals surface area contributed by atoms with Crippen molar-refractivity contribution in [3.63, 3.8) is 0 Å². The molecule has 6 nitrogen and oxygen atoms in total. The van der Waals surface area contributed by atoms with Crippen molar-refractivity contribution >= 4 is 133 Å². The van der Waals surface area contributed by atoms with Crippen LogP contribution in [-0.4, -0.2) is 138 Å². The van der Waals surface area contributed by atoms with Gasteiger partial charge in [0.05, 0.1) is 0 Å². The van der Waals surface area contributed by atoms with Crippen LogP contribution in [-0.2, 0) is 9.13 Å². The largest absolute Gasteiger partial charge is 0.363 e. The first-order chi connectivity index (χ1) is 4.15. The van der Waals surface area contributed by atoms with Gasteiger partial charge in [0.1, 0.15) is 5.06 Å². The van der Waals surface area contributed by atoms with Gasteiger partial charge in [0.25, 0.3) is 0 Å². The maximum Gasteiger partial charge on any atom is 0.363 e. The second-order valence-electron chi connectivity index (χ2n) is 1.50. The summed E-state index contributed by atoms with van der Waals surface area (Å²) in [6.07, 6.45) is 0. The van der Waals surface area contributed by atoms with E-state index in [1.54, 1.807) is 0 Å². The standard InChI is InChI=1S/C2H6O6P2.4Na/c1-2(9(3,4)5)10(6,7)8;;;;/h1H2,(H2,3,4,5)(H2,6,7,8);;;;. The Kier molecular flexibility index (Phi) is 26.6. The van der Waals surface area contributed by atoms with E-state index in [1.165, 1.54) is 0 Å². The van der Waals surface area contributed by atoms with Crippen LogP contribution in [0.1, 0.15) is 0 Å². The SMILES string of the molecule is C=C(P(=O)(O)O)P(=O)(O)O.[Na].[Na].[Na].[Na]. The van der Waals surface area contributed by atoms with Gasteiger partial charge in [-0.2, -0.15) is 0 Å². The smallest absolute Gasteiger partial charge is 0.321 e. The second kappa shape index (κ2) is 12.1. The third-order valence-electron chi connectivity index (χ3n) is 0.672. The molecular formula is C2H6Na4O6P2. The second-order valence-corrected chi connectivity index (χ2v) is 5.11. The summed E-state index contributed by atoms with van der Waals surface area (Å²) in [5, 5.41) is -1.35. The van der Waals surface area contributed by atoms with E-state index in [4.69, 9.17) is 19.6 Å². The predicted molar refractivity (Wildman–Crippen MR) is 56.2 cm³/mol. The molecule has 4 radical (unpaired) electrons. The van der Waals surface area contributed by atoms with E-state index in [1.807, 2.05) is 0 Å². The molecule has 0 aliphatic rings. The van der Waals surface area contributed by atoms with Crippen LogP contribution in [0.2, 0.25) is 0 Å². The topological polar surface area (TPSA) is 115 Å². The normalized spacial score (nSPS) is 9.43. The van der Waals surface area contributed by atoms with Crippen molar-refractivity contribution in [1.29, 1.82) is 0 Å². The molecule has 0 saturated heterocycles. The molecule has 0 saturated carbocycles. The molecule has 0 spiro atoms. The van der Waals surface area contributed by atoms with E-state index in [2.05, 4.69) is 6.58 Å². The van der Waals surface area contributed by atoms with Crippen LogP contribution in [0, 0.1) is 0 Å². The molecule has 12 heteroatoms. The molecule has 0 atom stereocenters. The van der Waals surface area contributed by atoms with E-state index in [0.717, 1.165) is 0 Å². The summed E-state index contributed by atoms with van der Waals surface area (Å²) in [4.78, 5) is 32.6. The van der Waals surface area contributed by atoms with Gasteiger partial charge < -0.3 is 19.6 Å². The van der Waals surface area contributed by atoms with Crippen molar-refractivity contribution in [2.45, 2.75) is 0 Å². The zero-order valence-electron chi connectivity index (χ0n) is 8.71. The van der Waals surface area contributed by atoms with Crippen LogP contribution in [0.3, 0.4) is 0 Å². The Labute approximate surface area is 170 Å². The Bertz CT molecular complexity index is 218. The molecule has 0 unspecified atom stereocenters. The maximum atomic E-state index is 10.1. The van der Waals surface area contributed by atoms with E-state index < -0.39 is 20.2 Å². The van der Waals surface area contributed by atoms with Crippen molar-refractivity contribution in [3.8, 4) is 0 Å². The fraction of sp³-hybridized carbons (Fsp3) is 0. The molecular weight excluding hydrogens is 274 g/mol. The van der Waals surface area contributed by atoms with Gasteiger partial charge in [-0.3, -0.25) is 9.13 Å². The number of hydrogen-bond acceptors (Lipinski definition) is 2. The van der Waals surface area contributed by atoms with E-state index in [0.29, 0.717) is 0 Å². The predicted octanol–water partition coefficient (Wildman–Crippen LogP) is -1.71. The van der Waals surface area contributed by atoms with Gasteiger partial charge >= 0.3 is 15.2 Å². The van der Waals surface area contributed by atoms with Gasteiger partial charge in [0, 0.05) is 118 Å². The fourth-order valence-corrected chi connectivity index (χ4v) is 1.53. The molecule has 0 heterocycles. The molecule has 0 aliphatic heterocycles. The first-order valence-corrected chi connectivity index (χ1v) is 5.19. The summed E-state index contributed by atoms with van der Waals surface area (Å²) >= 11 is 0. The fourth-order valence-electron chi connectivity index (χ4n) is 0.170. The maximum absolute atomic E-state index is 10.1. The van der Waals surface area contributed by atoms with E-state index >= 15 is 0 Å². The first-order valence-electron chi connectivity index (χ1n) is 1.97. The van der Waals surface area contributed by atoms with Gasteiger partial charge in [0.2, 0.25) is 0 Å². The third-order valence-corrected chi connectivity index (χ3v) is 3.58. The monoisotopic (exact) mass is 280 g/mol. The van der Waals surface area contributed by atoms with Gasteiger partial charge in [-0.15, -0.1) is 0 Å². The minimum Gasteiger partial charge on any atom is -0.321 e. The summed E-state index contributed by atoms with van der Waals surface area (Å²) in [7, 11) is -9.67.